The van der Waals surface area contributed by atoms with Gasteiger partial charge in [0.1, 0.15) is 18.5 Å². The summed E-state index contributed by atoms with van der Waals surface area (Å²) in [5.41, 5.74) is 6.30. The van der Waals surface area contributed by atoms with Crippen LogP contribution in [0.5, 0.6) is 5.75 Å². The Kier molecular flexibility index (Phi) is 17.5. The number of amides is 3. The van der Waals surface area contributed by atoms with Crippen molar-refractivity contribution in [3.8, 4) is 5.75 Å². The number of carbonyl (C=O) groups is 4. The van der Waals surface area contributed by atoms with E-state index in [4.69, 9.17) is 19.9 Å². The average Bonchev–Trinajstić information content (AvgIpc) is 2.97. The Balaban J connectivity index is 0.00000474. The highest BCUT2D eigenvalue weighted by Crippen LogP contribution is 2.31. The first kappa shape index (κ1) is 38.8. The Morgan fingerprint density at radius 1 is 1.05 bits per heavy atom. The number of hydrogen-bond donors (Lipinski definition) is 6. The maximum Gasteiger partial charge on any atom is 0.308 e. The number of nitrogens with one attached hydrogen (secondary N) is 4. The Labute approximate surface area is 261 Å². The number of carbonyl (C=O) groups excluding carboxylic acids is 4. The Bertz CT molecular complexity index is 1070. The molecule has 1 fully saturated rings. The van der Waals surface area contributed by atoms with Crippen molar-refractivity contribution in [2.24, 2.45) is 17.6 Å². The topological polar surface area (TPSA) is 190 Å². The standard InChI is InChI=1S/C29H47N5O8.C2H6/c1-16(2)26(33-18(5)6)28(38)32-14-24(36)34-21-8-7-19(15-40-29(39)17(3)4)11-22(21)41-25-13-20(35)12-23(42-25)27(37)31-10-9-30;1-2/h7-8,11,16-18,20,23,25-26,33,35H,9-10,12-15,30H2,1-6H3,(H,31,37)(H,32,38)(H,34,36);1-2H3. The van der Waals surface area contributed by atoms with Gasteiger partial charge in [0.2, 0.25) is 24.0 Å². The van der Waals surface area contributed by atoms with Crippen molar-refractivity contribution in [1.82, 2.24) is 16.0 Å². The van der Waals surface area contributed by atoms with Crippen LogP contribution in [0.2, 0.25) is 0 Å². The summed E-state index contributed by atoms with van der Waals surface area (Å²) in [5.74, 6) is -1.70. The lowest BCUT2D eigenvalue weighted by Crippen LogP contribution is -2.51. The summed E-state index contributed by atoms with van der Waals surface area (Å²) in [6, 6.07) is 4.44. The molecule has 1 heterocycles. The zero-order chi connectivity index (χ0) is 33.4. The Hall–Kier alpha value is -3.26. The van der Waals surface area contributed by atoms with Crippen LogP contribution in [0.25, 0.3) is 0 Å². The van der Waals surface area contributed by atoms with Crippen LogP contribution < -0.4 is 31.7 Å². The van der Waals surface area contributed by atoms with Gasteiger partial charge in [0.15, 0.2) is 0 Å². The van der Waals surface area contributed by atoms with Crippen LogP contribution in [0.15, 0.2) is 18.2 Å². The van der Waals surface area contributed by atoms with E-state index in [0.29, 0.717) is 5.56 Å². The number of ether oxygens (including phenoxy) is 3. The lowest BCUT2D eigenvalue weighted by molar-refractivity contribution is -0.184. The summed E-state index contributed by atoms with van der Waals surface area (Å²) in [5, 5.41) is 21.6. The van der Waals surface area contributed by atoms with Gasteiger partial charge in [-0.25, -0.2) is 0 Å². The molecule has 3 amide bonds. The normalized spacial score (nSPS) is 18.6. The lowest BCUT2D eigenvalue weighted by Gasteiger charge is -2.32. The van der Waals surface area contributed by atoms with E-state index in [0.717, 1.165) is 0 Å². The zero-order valence-corrected chi connectivity index (χ0v) is 27.4. The molecule has 13 heteroatoms. The fourth-order valence-electron chi connectivity index (χ4n) is 4.14. The molecule has 7 N–H and O–H groups in total. The van der Waals surface area contributed by atoms with Gasteiger partial charge in [-0.2, -0.15) is 0 Å². The predicted molar refractivity (Wildman–Crippen MR) is 168 cm³/mol. The molecule has 2 rings (SSSR count). The maximum absolute atomic E-state index is 12.8. The molecule has 0 spiro atoms. The van der Waals surface area contributed by atoms with Crippen LogP contribution in [0, 0.1) is 11.8 Å². The van der Waals surface area contributed by atoms with Crippen LogP contribution in [-0.4, -0.2) is 79.0 Å². The van der Waals surface area contributed by atoms with Crippen LogP contribution >= 0.6 is 0 Å². The summed E-state index contributed by atoms with van der Waals surface area (Å²) in [7, 11) is 0. The maximum atomic E-state index is 12.8. The number of aliphatic hydroxyl groups is 1. The number of esters is 1. The van der Waals surface area contributed by atoms with E-state index in [1.54, 1.807) is 32.0 Å². The van der Waals surface area contributed by atoms with E-state index >= 15 is 0 Å². The average molecular weight is 624 g/mol. The second-order valence-corrected chi connectivity index (χ2v) is 11.3. The smallest absolute Gasteiger partial charge is 0.308 e. The molecule has 0 aromatic heterocycles. The minimum Gasteiger partial charge on any atom is -0.463 e. The van der Waals surface area contributed by atoms with Gasteiger partial charge in [0, 0.05) is 32.0 Å². The third-order valence-corrected chi connectivity index (χ3v) is 6.32. The minimum absolute atomic E-state index is 0.0138. The molecule has 1 aliphatic heterocycles. The van der Waals surface area contributed by atoms with Gasteiger partial charge in [0.05, 0.1) is 30.3 Å². The second kappa shape index (κ2) is 19.9. The molecule has 0 aliphatic carbocycles. The number of benzene rings is 1. The first-order chi connectivity index (χ1) is 20.8. The number of aliphatic hydroxyl groups excluding tert-OH is 1. The molecule has 13 nitrogen and oxygen atoms in total. The van der Waals surface area contributed by atoms with E-state index in [9.17, 15) is 24.3 Å². The Morgan fingerprint density at radius 3 is 2.32 bits per heavy atom. The summed E-state index contributed by atoms with van der Waals surface area (Å²) in [6.45, 7) is 15.4. The van der Waals surface area contributed by atoms with Crippen LogP contribution in [0.4, 0.5) is 5.69 Å². The number of hydrogen-bond acceptors (Lipinski definition) is 10. The zero-order valence-electron chi connectivity index (χ0n) is 27.4. The minimum atomic E-state index is -1.01. The summed E-state index contributed by atoms with van der Waals surface area (Å²) >= 11 is 0. The number of nitrogens with two attached hydrogens (primary N) is 1. The monoisotopic (exact) mass is 623 g/mol. The summed E-state index contributed by atoms with van der Waals surface area (Å²) in [4.78, 5) is 50.0. The van der Waals surface area contributed by atoms with E-state index in [2.05, 4.69) is 21.3 Å². The lowest BCUT2D eigenvalue weighted by atomic mass is 10.0. The number of rotatable bonds is 15. The van der Waals surface area contributed by atoms with E-state index < -0.39 is 36.4 Å². The van der Waals surface area contributed by atoms with Crippen LogP contribution in [0.3, 0.4) is 0 Å². The largest absolute Gasteiger partial charge is 0.463 e. The van der Waals surface area contributed by atoms with Gasteiger partial charge in [-0.05, 0) is 23.6 Å². The van der Waals surface area contributed by atoms with E-state index in [1.165, 1.54) is 0 Å². The van der Waals surface area contributed by atoms with Crippen molar-refractivity contribution in [1.29, 1.82) is 0 Å². The molecule has 1 aromatic rings. The highest BCUT2D eigenvalue weighted by molar-refractivity contribution is 5.96. The number of anilines is 1. The molecular formula is C31H53N5O8. The molecule has 250 valence electrons. The molecular weight excluding hydrogens is 570 g/mol. The molecule has 44 heavy (non-hydrogen) atoms. The van der Waals surface area contributed by atoms with Crippen molar-refractivity contribution in [2.75, 3.05) is 25.0 Å². The second-order valence-electron chi connectivity index (χ2n) is 11.3. The molecule has 4 atom stereocenters. The molecule has 0 bridgehead atoms. The highest BCUT2D eigenvalue weighted by atomic mass is 16.7. The summed E-state index contributed by atoms with van der Waals surface area (Å²) < 4.78 is 17.2. The third-order valence-electron chi connectivity index (χ3n) is 6.32. The van der Waals surface area contributed by atoms with Crippen LogP contribution in [0.1, 0.15) is 73.8 Å². The van der Waals surface area contributed by atoms with Crippen molar-refractivity contribution in [2.45, 2.75) is 105 Å². The molecule has 1 aromatic carbocycles. The van der Waals surface area contributed by atoms with Gasteiger partial charge in [-0.1, -0.05) is 61.5 Å². The predicted octanol–water partition coefficient (Wildman–Crippen LogP) is 1.81. The summed E-state index contributed by atoms with van der Waals surface area (Å²) in [6.07, 6.45) is -2.67. The Morgan fingerprint density at radius 2 is 1.73 bits per heavy atom. The first-order valence-electron chi connectivity index (χ1n) is 15.4. The molecule has 4 unspecified atom stereocenters. The fraction of sp³-hybridized carbons (Fsp3) is 0.677. The van der Waals surface area contributed by atoms with Gasteiger partial charge >= 0.3 is 5.97 Å². The van der Waals surface area contributed by atoms with Gasteiger partial charge in [0.25, 0.3) is 0 Å². The highest BCUT2D eigenvalue weighted by Gasteiger charge is 2.34. The van der Waals surface area contributed by atoms with Gasteiger partial charge < -0.3 is 46.3 Å². The third kappa shape index (κ3) is 13.6. The van der Waals surface area contributed by atoms with Crippen molar-refractivity contribution < 1.29 is 38.5 Å². The van der Waals surface area contributed by atoms with Crippen molar-refractivity contribution in [3.05, 3.63) is 23.8 Å². The SMILES string of the molecule is CC.CC(C)NC(C(=O)NCC(=O)Nc1ccc(COC(=O)C(C)C)cc1OC1CC(O)CC(C(=O)NCCN)O1)C(C)C. The molecule has 0 saturated carbocycles. The molecule has 0 radical (unpaired) electrons. The van der Waals surface area contributed by atoms with Gasteiger partial charge in [-0.15, -0.1) is 0 Å². The molecule has 1 saturated heterocycles. The van der Waals surface area contributed by atoms with Crippen LogP contribution in [-0.2, 0) is 35.3 Å². The first-order valence-corrected chi connectivity index (χ1v) is 15.4. The van der Waals surface area contributed by atoms with E-state index in [1.807, 2.05) is 41.5 Å². The molecule has 1 aliphatic rings. The van der Waals surface area contributed by atoms with E-state index in [-0.39, 0.29) is 80.3 Å². The fourth-order valence-corrected chi connectivity index (χ4v) is 4.14. The van der Waals surface area contributed by atoms with Crippen molar-refractivity contribution >= 4 is 29.4 Å². The quantitative estimate of drug-likeness (QED) is 0.157. The van der Waals surface area contributed by atoms with Crippen molar-refractivity contribution in [3.63, 3.8) is 0 Å². The van der Waals surface area contributed by atoms with Gasteiger partial charge in [-0.3, -0.25) is 19.2 Å².